The van der Waals surface area contributed by atoms with Crippen LogP contribution < -0.4 is 14.2 Å². The third-order valence-corrected chi connectivity index (χ3v) is 12.2. The Morgan fingerprint density at radius 2 is 1.31 bits per heavy atom. The van der Waals surface area contributed by atoms with Crippen LogP contribution in [0.2, 0.25) is 0 Å². The molecule has 0 bridgehead atoms. The lowest BCUT2D eigenvalue weighted by molar-refractivity contribution is -0.0149. The van der Waals surface area contributed by atoms with E-state index in [1.54, 1.807) is 0 Å². The minimum absolute atomic E-state index is 0.175. The zero-order valence-electron chi connectivity index (χ0n) is 31.8. The Morgan fingerprint density at radius 3 is 1.92 bits per heavy atom. The number of aromatic hydroxyl groups is 1. The molecule has 3 aliphatic rings. The lowest BCUT2D eigenvalue weighted by atomic mass is 9.64. The lowest BCUT2D eigenvalue weighted by Crippen LogP contribution is -2.46. The predicted octanol–water partition coefficient (Wildman–Crippen LogP) is 12.2. The zero-order valence-corrected chi connectivity index (χ0v) is 31.8. The van der Waals surface area contributed by atoms with Gasteiger partial charge in [0.25, 0.3) is 0 Å². The summed E-state index contributed by atoms with van der Waals surface area (Å²) in [6.45, 7) is 19.5. The summed E-state index contributed by atoms with van der Waals surface area (Å²) in [6.07, 6.45) is 16.4. The van der Waals surface area contributed by atoms with E-state index in [1.807, 2.05) is 6.07 Å². The quantitative estimate of drug-likeness (QED) is 0.193. The SMILES string of the molecule is CCCCCc1cc(OCCOc2cc(CCCCC)cc(O)c2[C@@H]2C[C@H](C)CC[C@H]2C(C)C)c2c(c1)OC(C)(C)[C@@H]1CC[C@H](C)C[C@@H]21. The summed E-state index contributed by atoms with van der Waals surface area (Å²) in [7, 11) is 0. The normalized spacial score (nSPS) is 26.4. The monoisotopic (exact) mass is 661 g/mol. The van der Waals surface area contributed by atoms with E-state index >= 15 is 0 Å². The fourth-order valence-corrected chi connectivity index (χ4v) is 9.56. The maximum absolute atomic E-state index is 11.6. The minimum Gasteiger partial charge on any atom is -0.508 e. The Hall–Kier alpha value is -2.36. The average Bonchev–Trinajstić information content (AvgIpc) is 3.02. The Kier molecular flexibility index (Phi) is 12.7. The maximum Gasteiger partial charge on any atom is 0.127 e. The van der Waals surface area contributed by atoms with Crippen molar-refractivity contribution in [3.8, 4) is 23.0 Å². The Labute approximate surface area is 293 Å². The van der Waals surface area contributed by atoms with E-state index in [2.05, 4.69) is 73.6 Å². The van der Waals surface area contributed by atoms with Crippen molar-refractivity contribution in [2.75, 3.05) is 13.2 Å². The van der Waals surface area contributed by atoms with Gasteiger partial charge in [-0.2, -0.15) is 0 Å². The Bertz CT molecular complexity index is 1330. The number of fused-ring (bicyclic) bond motifs is 3. The second kappa shape index (κ2) is 16.6. The third-order valence-electron chi connectivity index (χ3n) is 12.2. The molecule has 0 spiro atoms. The van der Waals surface area contributed by atoms with Crippen LogP contribution in [-0.4, -0.2) is 23.9 Å². The highest BCUT2D eigenvalue weighted by atomic mass is 16.5. The molecule has 0 amide bonds. The number of rotatable bonds is 15. The molecule has 2 aromatic rings. The van der Waals surface area contributed by atoms with E-state index in [9.17, 15) is 5.11 Å². The number of unbranched alkanes of at least 4 members (excludes halogenated alkanes) is 4. The van der Waals surface area contributed by atoms with Gasteiger partial charge in [0.15, 0.2) is 0 Å². The summed E-state index contributed by atoms with van der Waals surface area (Å²) in [5.41, 5.74) is 4.64. The standard InChI is InChI=1S/C44H68O4/c1-9-11-13-15-32-25-38(45)42(35-23-30(5)17-19-34(35)29(3)4)39(26-32)46-21-22-47-40-27-33(16-14-12-10-2)28-41-43(40)36-24-31(6)18-20-37(36)44(7,8)48-41/h25-31,34-37,45H,9-24H2,1-8H3/t30-,31+,34+,35-,36-,37-/m1/s1. The van der Waals surface area contributed by atoms with Gasteiger partial charge in [-0.3, -0.25) is 0 Å². The van der Waals surface area contributed by atoms with Crippen LogP contribution in [0.3, 0.4) is 0 Å². The van der Waals surface area contributed by atoms with Crippen LogP contribution in [0.4, 0.5) is 0 Å². The molecule has 0 unspecified atom stereocenters. The van der Waals surface area contributed by atoms with Gasteiger partial charge < -0.3 is 19.3 Å². The van der Waals surface area contributed by atoms with E-state index in [4.69, 9.17) is 14.2 Å². The number of hydrogen-bond acceptors (Lipinski definition) is 4. The van der Waals surface area contributed by atoms with Crippen molar-refractivity contribution in [3.63, 3.8) is 0 Å². The molecule has 5 rings (SSSR count). The van der Waals surface area contributed by atoms with Crippen molar-refractivity contribution in [1.82, 2.24) is 0 Å². The highest BCUT2D eigenvalue weighted by Gasteiger charge is 2.47. The van der Waals surface area contributed by atoms with Crippen molar-refractivity contribution >= 4 is 0 Å². The molecule has 1 heterocycles. The zero-order chi connectivity index (χ0) is 34.4. The summed E-state index contributed by atoms with van der Waals surface area (Å²) in [5, 5.41) is 11.6. The van der Waals surface area contributed by atoms with Crippen LogP contribution in [0.25, 0.3) is 0 Å². The van der Waals surface area contributed by atoms with Crippen molar-refractivity contribution in [3.05, 3.63) is 46.5 Å². The molecule has 0 aromatic heterocycles. The van der Waals surface area contributed by atoms with Gasteiger partial charge in [0.05, 0.1) is 0 Å². The first kappa shape index (κ1) is 36.9. The van der Waals surface area contributed by atoms with Gasteiger partial charge >= 0.3 is 0 Å². The molecular formula is C44H68O4. The molecule has 2 aliphatic carbocycles. The average molecular weight is 661 g/mol. The molecule has 2 aromatic carbocycles. The molecule has 1 aliphatic heterocycles. The summed E-state index contributed by atoms with van der Waals surface area (Å²) < 4.78 is 20.3. The van der Waals surface area contributed by atoms with Crippen molar-refractivity contribution in [1.29, 1.82) is 0 Å². The van der Waals surface area contributed by atoms with Gasteiger partial charge in [0.1, 0.15) is 41.8 Å². The number of aryl methyl sites for hydroxylation is 2. The van der Waals surface area contributed by atoms with Crippen molar-refractivity contribution in [2.45, 2.75) is 163 Å². The maximum atomic E-state index is 11.6. The largest absolute Gasteiger partial charge is 0.508 e. The van der Waals surface area contributed by atoms with Crippen LogP contribution in [-0.2, 0) is 12.8 Å². The first-order valence-corrected chi connectivity index (χ1v) is 20.0. The summed E-state index contributed by atoms with van der Waals surface area (Å²) in [4.78, 5) is 0. The highest BCUT2D eigenvalue weighted by molar-refractivity contribution is 5.53. The van der Waals surface area contributed by atoms with Crippen molar-refractivity contribution in [2.24, 2.45) is 29.6 Å². The van der Waals surface area contributed by atoms with Gasteiger partial charge in [0, 0.05) is 17.0 Å². The molecule has 4 heteroatoms. The number of phenolic OH excluding ortho intramolecular Hbond substituents is 1. The topological polar surface area (TPSA) is 47.9 Å². The summed E-state index contributed by atoms with van der Waals surface area (Å²) in [6, 6.07) is 8.90. The fourth-order valence-electron chi connectivity index (χ4n) is 9.56. The molecule has 48 heavy (non-hydrogen) atoms. The van der Waals surface area contributed by atoms with E-state index in [0.717, 1.165) is 48.5 Å². The van der Waals surface area contributed by atoms with Gasteiger partial charge in [-0.15, -0.1) is 0 Å². The van der Waals surface area contributed by atoms with Crippen LogP contribution in [0, 0.1) is 29.6 Å². The first-order valence-electron chi connectivity index (χ1n) is 20.0. The second-order valence-electron chi connectivity index (χ2n) is 16.9. The summed E-state index contributed by atoms with van der Waals surface area (Å²) in [5.74, 6) is 7.08. The molecule has 2 saturated carbocycles. The Morgan fingerprint density at radius 1 is 0.750 bits per heavy atom. The van der Waals surface area contributed by atoms with Gasteiger partial charge in [-0.05, 0) is 136 Å². The number of hydrogen-bond donors (Lipinski definition) is 1. The molecular weight excluding hydrogens is 592 g/mol. The van der Waals surface area contributed by atoms with Gasteiger partial charge in [-0.25, -0.2) is 0 Å². The third kappa shape index (κ3) is 8.67. The van der Waals surface area contributed by atoms with Crippen LogP contribution in [0.5, 0.6) is 23.0 Å². The number of phenols is 1. The van der Waals surface area contributed by atoms with Crippen LogP contribution in [0.1, 0.15) is 167 Å². The minimum atomic E-state index is -0.175. The van der Waals surface area contributed by atoms with Crippen LogP contribution in [0.15, 0.2) is 24.3 Å². The number of ether oxygens (including phenoxy) is 3. The van der Waals surface area contributed by atoms with E-state index in [-0.39, 0.29) is 5.60 Å². The fraction of sp³-hybridized carbons (Fsp3) is 0.727. The molecule has 2 fully saturated rings. The second-order valence-corrected chi connectivity index (χ2v) is 16.9. The van der Waals surface area contributed by atoms with Gasteiger partial charge in [0.2, 0.25) is 0 Å². The molecule has 6 atom stereocenters. The lowest BCUT2D eigenvalue weighted by Gasteiger charge is -2.49. The van der Waals surface area contributed by atoms with E-state index < -0.39 is 0 Å². The van der Waals surface area contributed by atoms with E-state index in [0.29, 0.717) is 60.4 Å². The van der Waals surface area contributed by atoms with Crippen LogP contribution >= 0.6 is 0 Å². The molecule has 1 N–H and O–H groups in total. The first-order chi connectivity index (χ1) is 23.0. The summed E-state index contributed by atoms with van der Waals surface area (Å²) >= 11 is 0. The number of benzene rings is 2. The Balaban J connectivity index is 1.40. The smallest absolute Gasteiger partial charge is 0.127 e. The van der Waals surface area contributed by atoms with Gasteiger partial charge in [-0.1, -0.05) is 80.1 Å². The predicted molar refractivity (Wildman–Crippen MR) is 200 cm³/mol. The molecule has 268 valence electrons. The van der Waals surface area contributed by atoms with Crippen molar-refractivity contribution < 1.29 is 19.3 Å². The molecule has 0 saturated heterocycles. The molecule has 0 radical (unpaired) electrons. The van der Waals surface area contributed by atoms with E-state index in [1.165, 1.54) is 80.9 Å². The molecule has 4 nitrogen and oxygen atoms in total. The highest BCUT2D eigenvalue weighted by Crippen LogP contribution is 2.56.